The molecule has 0 saturated carbocycles. The van der Waals surface area contributed by atoms with Crippen molar-refractivity contribution in [3.05, 3.63) is 0 Å². The zero-order chi connectivity index (χ0) is 21.3. The van der Waals surface area contributed by atoms with Crippen molar-refractivity contribution in [2.45, 2.75) is 108 Å². The van der Waals surface area contributed by atoms with E-state index in [1.807, 2.05) is 55.4 Å². The summed E-state index contributed by atoms with van der Waals surface area (Å²) in [7, 11) is 0. The maximum absolute atomic E-state index is 11.9. The number of rotatable bonds is 8. The van der Waals surface area contributed by atoms with Crippen LogP contribution in [-0.4, -0.2) is 24.1 Å². The molecule has 4 heteroatoms. The lowest BCUT2D eigenvalue weighted by atomic mass is 9.89. The van der Waals surface area contributed by atoms with Crippen molar-refractivity contribution in [3.63, 3.8) is 0 Å². The standard InChI is InChI=1S/C13H26O2.C9H18O2/c1-8-13(6,7)12(14)15-11(9(2)3)10(4)5;1-6-9(4,5)8(10)11-7(2)3/h9-11H,8H2,1-7H3;7H,6H2,1-5H3. The van der Waals surface area contributed by atoms with E-state index in [1.54, 1.807) is 0 Å². The highest BCUT2D eigenvalue weighted by Crippen LogP contribution is 2.26. The molecular weight excluding hydrogens is 328 g/mol. The van der Waals surface area contributed by atoms with E-state index < -0.39 is 0 Å². The summed E-state index contributed by atoms with van der Waals surface area (Å²) in [5, 5.41) is 0. The van der Waals surface area contributed by atoms with Crippen molar-refractivity contribution in [3.8, 4) is 0 Å². The highest BCUT2D eigenvalue weighted by molar-refractivity contribution is 5.76. The fourth-order valence-corrected chi connectivity index (χ4v) is 1.99. The summed E-state index contributed by atoms with van der Waals surface area (Å²) in [5.41, 5.74) is -0.688. The van der Waals surface area contributed by atoms with Gasteiger partial charge in [0.05, 0.1) is 16.9 Å². The van der Waals surface area contributed by atoms with E-state index in [0.717, 1.165) is 12.8 Å². The topological polar surface area (TPSA) is 52.6 Å². The van der Waals surface area contributed by atoms with Crippen molar-refractivity contribution >= 4 is 11.9 Å². The summed E-state index contributed by atoms with van der Waals surface area (Å²) >= 11 is 0. The van der Waals surface area contributed by atoms with Gasteiger partial charge in [-0.2, -0.15) is 0 Å². The van der Waals surface area contributed by atoms with Crippen molar-refractivity contribution in [2.24, 2.45) is 22.7 Å². The first-order valence-corrected chi connectivity index (χ1v) is 10.0. The molecule has 0 aromatic rings. The molecule has 0 N–H and O–H groups in total. The molecule has 0 rings (SSSR count). The first kappa shape index (κ1) is 27.2. The van der Waals surface area contributed by atoms with Gasteiger partial charge in [0, 0.05) is 0 Å². The molecule has 0 aromatic heterocycles. The summed E-state index contributed by atoms with van der Waals surface area (Å²) in [6.07, 6.45) is 1.66. The molecule has 0 aliphatic heterocycles. The lowest BCUT2D eigenvalue weighted by molar-refractivity contribution is -0.164. The monoisotopic (exact) mass is 372 g/mol. The summed E-state index contributed by atoms with van der Waals surface area (Å²) in [4.78, 5) is 23.2. The van der Waals surface area contributed by atoms with Crippen LogP contribution >= 0.6 is 0 Å². The van der Waals surface area contributed by atoms with Crippen molar-refractivity contribution in [1.82, 2.24) is 0 Å². The Hall–Kier alpha value is -1.06. The van der Waals surface area contributed by atoms with Gasteiger partial charge in [-0.25, -0.2) is 0 Å². The summed E-state index contributed by atoms with van der Waals surface area (Å²) in [5.74, 6) is 0.579. The smallest absolute Gasteiger partial charge is 0.311 e. The van der Waals surface area contributed by atoms with Crippen molar-refractivity contribution in [2.75, 3.05) is 0 Å². The fraction of sp³-hybridized carbons (Fsp3) is 0.909. The van der Waals surface area contributed by atoms with Crippen LogP contribution in [0.3, 0.4) is 0 Å². The molecule has 0 fully saturated rings. The third-order valence-electron chi connectivity index (χ3n) is 4.77. The van der Waals surface area contributed by atoms with Crippen molar-refractivity contribution in [1.29, 1.82) is 0 Å². The molecule has 0 aliphatic carbocycles. The van der Waals surface area contributed by atoms with E-state index in [2.05, 4.69) is 27.7 Å². The zero-order valence-electron chi connectivity index (χ0n) is 19.4. The van der Waals surface area contributed by atoms with E-state index in [1.165, 1.54) is 0 Å². The number of carbonyl (C=O) groups is 2. The quantitative estimate of drug-likeness (QED) is 0.489. The second-order valence-electron chi connectivity index (χ2n) is 9.29. The first-order chi connectivity index (χ1) is 11.6. The van der Waals surface area contributed by atoms with Gasteiger partial charge >= 0.3 is 11.9 Å². The minimum absolute atomic E-state index is 0.00618. The Bertz CT molecular complexity index is 412. The predicted molar refractivity (Wildman–Crippen MR) is 109 cm³/mol. The van der Waals surface area contributed by atoms with Crippen LogP contribution in [0.25, 0.3) is 0 Å². The van der Waals surface area contributed by atoms with Crippen LogP contribution in [0, 0.1) is 22.7 Å². The summed E-state index contributed by atoms with van der Waals surface area (Å²) < 4.78 is 10.7. The van der Waals surface area contributed by atoms with E-state index in [0.29, 0.717) is 11.8 Å². The van der Waals surface area contributed by atoms with E-state index in [9.17, 15) is 9.59 Å². The van der Waals surface area contributed by atoms with Gasteiger partial charge in [0.25, 0.3) is 0 Å². The van der Waals surface area contributed by atoms with Crippen LogP contribution in [0.2, 0.25) is 0 Å². The molecule has 0 saturated heterocycles. The zero-order valence-corrected chi connectivity index (χ0v) is 19.4. The minimum atomic E-state index is -0.359. The summed E-state index contributed by atoms with van der Waals surface area (Å²) in [6.45, 7) is 23.8. The predicted octanol–water partition coefficient (Wildman–Crippen LogP) is 6.02. The fourth-order valence-electron chi connectivity index (χ4n) is 1.99. The Balaban J connectivity index is 0. The minimum Gasteiger partial charge on any atom is -0.463 e. The molecule has 4 nitrogen and oxygen atoms in total. The molecule has 0 aromatic carbocycles. The molecular formula is C22H44O4. The van der Waals surface area contributed by atoms with E-state index in [-0.39, 0.29) is 35.0 Å². The third kappa shape index (κ3) is 10.2. The number of hydrogen-bond acceptors (Lipinski definition) is 4. The van der Waals surface area contributed by atoms with Gasteiger partial charge in [-0.1, -0.05) is 41.5 Å². The number of hydrogen-bond donors (Lipinski definition) is 0. The van der Waals surface area contributed by atoms with E-state index in [4.69, 9.17) is 9.47 Å². The maximum Gasteiger partial charge on any atom is 0.311 e. The van der Waals surface area contributed by atoms with Crippen LogP contribution in [-0.2, 0) is 19.1 Å². The van der Waals surface area contributed by atoms with Gasteiger partial charge in [-0.3, -0.25) is 9.59 Å². The molecule has 0 radical (unpaired) electrons. The molecule has 0 spiro atoms. The van der Waals surface area contributed by atoms with Gasteiger partial charge in [0.15, 0.2) is 0 Å². The molecule has 0 bridgehead atoms. The molecule has 0 amide bonds. The van der Waals surface area contributed by atoms with Crippen LogP contribution < -0.4 is 0 Å². The molecule has 0 unspecified atom stereocenters. The average Bonchev–Trinajstić information content (AvgIpc) is 2.51. The lowest BCUT2D eigenvalue weighted by Crippen LogP contribution is -2.35. The highest BCUT2D eigenvalue weighted by atomic mass is 16.5. The summed E-state index contributed by atoms with van der Waals surface area (Å²) in [6, 6.07) is 0. The Morgan fingerprint density at radius 3 is 1.23 bits per heavy atom. The first-order valence-electron chi connectivity index (χ1n) is 10.0. The van der Waals surface area contributed by atoms with Gasteiger partial charge in [0.2, 0.25) is 0 Å². The normalized spacial score (nSPS) is 12.3. The van der Waals surface area contributed by atoms with Gasteiger partial charge in [0.1, 0.15) is 6.10 Å². The maximum atomic E-state index is 11.9. The Morgan fingerprint density at radius 2 is 1.00 bits per heavy atom. The average molecular weight is 373 g/mol. The van der Waals surface area contributed by atoms with Gasteiger partial charge < -0.3 is 9.47 Å². The Morgan fingerprint density at radius 1 is 0.692 bits per heavy atom. The molecule has 0 heterocycles. The molecule has 0 atom stereocenters. The second-order valence-corrected chi connectivity index (χ2v) is 9.29. The number of ether oxygens (including phenoxy) is 2. The largest absolute Gasteiger partial charge is 0.463 e. The molecule has 0 aliphatic rings. The lowest BCUT2D eigenvalue weighted by Gasteiger charge is -2.29. The Labute approximate surface area is 162 Å². The van der Waals surface area contributed by atoms with Gasteiger partial charge in [-0.15, -0.1) is 0 Å². The van der Waals surface area contributed by atoms with Crippen molar-refractivity contribution < 1.29 is 19.1 Å². The highest BCUT2D eigenvalue weighted by Gasteiger charge is 2.31. The van der Waals surface area contributed by atoms with Crippen LogP contribution in [0.15, 0.2) is 0 Å². The van der Waals surface area contributed by atoms with E-state index >= 15 is 0 Å². The molecule has 26 heavy (non-hydrogen) atoms. The third-order valence-corrected chi connectivity index (χ3v) is 4.77. The van der Waals surface area contributed by atoms with Crippen LogP contribution in [0.4, 0.5) is 0 Å². The van der Waals surface area contributed by atoms with Crippen LogP contribution in [0.1, 0.15) is 95.9 Å². The molecule has 156 valence electrons. The second kappa shape index (κ2) is 11.6. The van der Waals surface area contributed by atoms with Crippen LogP contribution in [0.5, 0.6) is 0 Å². The number of carbonyl (C=O) groups excluding carboxylic acids is 2. The SMILES string of the molecule is CCC(C)(C)C(=O)OC(C(C)C)C(C)C.CCC(C)(C)C(=O)OC(C)C. The Kier molecular flexibility index (Phi) is 12.1. The van der Waals surface area contributed by atoms with Gasteiger partial charge in [-0.05, 0) is 66.2 Å². The number of esters is 2.